The van der Waals surface area contributed by atoms with Crippen LogP contribution in [-0.4, -0.2) is 30.2 Å². The van der Waals surface area contributed by atoms with Crippen LogP contribution >= 0.6 is 0 Å². The number of nitrogen functional groups attached to an aromatic ring is 1. The average molecular weight is 323 g/mol. The predicted octanol–water partition coefficient (Wildman–Crippen LogP) is 2.42. The lowest BCUT2D eigenvalue weighted by Crippen LogP contribution is -2.29. The van der Waals surface area contributed by atoms with E-state index in [4.69, 9.17) is 5.73 Å². The van der Waals surface area contributed by atoms with Crippen molar-refractivity contribution >= 4 is 23.6 Å². The third-order valence-electron chi connectivity index (χ3n) is 4.04. The van der Waals surface area contributed by atoms with E-state index in [2.05, 4.69) is 32.5 Å². The van der Waals surface area contributed by atoms with Crippen molar-refractivity contribution in [3.8, 4) is 0 Å². The zero-order valence-corrected chi connectivity index (χ0v) is 13.5. The van der Waals surface area contributed by atoms with Crippen LogP contribution in [0.5, 0.6) is 0 Å². The second kappa shape index (κ2) is 7.59. The Morgan fingerprint density at radius 1 is 1.12 bits per heavy atom. The molecule has 24 heavy (non-hydrogen) atoms. The monoisotopic (exact) mass is 323 g/mol. The largest absolute Gasteiger partial charge is 0.384 e. The molecule has 124 valence electrons. The number of nitrogens with zero attached hydrogens (tertiary/aromatic N) is 3. The maximum Gasteiger partial charge on any atom is 0.272 e. The number of hydrogen-bond donors (Lipinski definition) is 2. The summed E-state index contributed by atoms with van der Waals surface area (Å²) in [6.07, 6.45) is 6.89. The molecule has 3 N–H and O–H groups in total. The minimum atomic E-state index is -0.316. The summed E-state index contributed by atoms with van der Waals surface area (Å²) in [5, 5.41) is 3.99. The van der Waals surface area contributed by atoms with Gasteiger partial charge in [-0.1, -0.05) is 12.1 Å². The van der Waals surface area contributed by atoms with Crippen LogP contribution in [-0.2, 0) is 0 Å². The van der Waals surface area contributed by atoms with E-state index >= 15 is 0 Å². The SMILES string of the molecule is Nc1ccc(C(=O)N/N=C/c2ccc(N3CCCCC3)cc2)cn1. The Kier molecular flexibility index (Phi) is 5.05. The zero-order valence-electron chi connectivity index (χ0n) is 13.5. The fourth-order valence-corrected chi connectivity index (χ4v) is 2.69. The molecule has 1 aliphatic rings. The molecule has 1 aromatic heterocycles. The molecule has 6 nitrogen and oxygen atoms in total. The molecule has 1 saturated heterocycles. The number of amides is 1. The maximum absolute atomic E-state index is 11.9. The number of hydrogen-bond acceptors (Lipinski definition) is 5. The highest BCUT2D eigenvalue weighted by atomic mass is 16.2. The first-order valence-corrected chi connectivity index (χ1v) is 8.12. The van der Waals surface area contributed by atoms with Crippen LogP contribution in [0.4, 0.5) is 11.5 Å². The molecule has 0 spiro atoms. The Bertz CT molecular complexity index is 703. The number of hydrazone groups is 1. The van der Waals surface area contributed by atoms with Crippen molar-refractivity contribution in [2.24, 2.45) is 5.10 Å². The molecule has 0 radical (unpaired) electrons. The number of carbonyl (C=O) groups is 1. The van der Waals surface area contributed by atoms with Gasteiger partial charge in [-0.05, 0) is 49.1 Å². The topological polar surface area (TPSA) is 83.6 Å². The van der Waals surface area contributed by atoms with E-state index in [1.165, 1.54) is 31.1 Å². The number of nitrogens with one attached hydrogen (secondary N) is 1. The van der Waals surface area contributed by atoms with Crippen LogP contribution in [0.25, 0.3) is 0 Å². The number of piperidine rings is 1. The molecule has 0 bridgehead atoms. The Hall–Kier alpha value is -2.89. The van der Waals surface area contributed by atoms with Gasteiger partial charge < -0.3 is 10.6 Å². The van der Waals surface area contributed by atoms with Crippen molar-refractivity contribution in [1.82, 2.24) is 10.4 Å². The van der Waals surface area contributed by atoms with Gasteiger partial charge in [0.1, 0.15) is 5.82 Å². The molecule has 2 heterocycles. The Morgan fingerprint density at radius 2 is 1.88 bits per heavy atom. The normalized spacial score (nSPS) is 14.8. The number of rotatable bonds is 4. The molecular weight excluding hydrogens is 302 g/mol. The Balaban J connectivity index is 1.56. The van der Waals surface area contributed by atoms with Crippen LogP contribution in [0.3, 0.4) is 0 Å². The molecule has 1 aromatic carbocycles. The van der Waals surface area contributed by atoms with Crippen molar-refractivity contribution in [1.29, 1.82) is 0 Å². The van der Waals surface area contributed by atoms with E-state index in [0.717, 1.165) is 18.7 Å². The fourth-order valence-electron chi connectivity index (χ4n) is 2.69. The lowest BCUT2D eigenvalue weighted by molar-refractivity contribution is 0.0955. The van der Waals surface area contributed by atoms with E-state index in [9.17, 15) is 4.79 Å². The summed E-state index contributed by atoms with van der Waals surface area (Å²) in [6.45, 7) is 2.25. The zero-order chi connectivity index (χ0) is 16.8. The molecule has 1 aliphatic heterocycles. The lowest BCUT2D eigenvalue weighted by atomic mass is 10.1. The second-order valence-electron chi connectivity index (χ2n) is 5.81. The maximum atomic E-state index is 11.9. The van der Waals surface area contributed by atoms with Gasteiger partial charge in [0.05, 0.1) is 11.8 Å². The summed E-state index contributed by atoms with van der Waals surface area (Å²) in [6, 6.07) is 11.4. The summed E-state index contributed by atoms with van der Waals surface area (Å²) in [5.41, 5.74) is 10.6. The molecule has 6 heteroatoms. The molecular formula is C18H21N5O. The van der Waals surface area contributed by atoms with Gasteiger partial charge in [0.25, 0.3) is 5.91 Å². The van der Waals surface area contributed by atoms with Gasteiger partial charge in [-0.2, -0.15) is 5.10 Å². The molecule has 2 aromatic rings. The van der Waals surface area contributed by atoms with Crippen LogP contribution < -0.4 is 16.1 Å². The predicted molar refractivity (Wildman–Crippen MR) is 96.2 cm³/mol. The minimum absolute atomic E-state index is 0.316. The fraction of sp³-hybridized carbons (Fsp3) is 0.278. The average Bonchev–Trinajstić information content (AvgIpc) is 2.63. The summed E-state index contributed by atoms with van der Waals surface area (Å²) >= 11 is 0. The number of benzene rings is 1. The third-order valence-corrected chi connectivity index (χ3v) is 4.04. The Morgan fingerprint density at radius 3 is 2.54 bits per heavy atom. The van der Waals surface area contributed by atoms with Gasteiger partial charge in [-0.15, -0.1) is 0 Å². The smallest absolute Gasteiger partial charge is 0.272 e. The number of anilines is 2. The molecule has 0 unspecified atom stereocenters. The van der Waals surface area contributed by atoms with Crippen molar-refractivity contribution in [3.63, 3.8) is 0 Å². The van der Waals surface area contributed by atoms with E-state index < -0.39 is 0 Å². The lowest BCUT2D eigenvalue weighted by Gasteiger charge is -2.28. The van der Waals surface area contributed by atoms with Crippen LogP contribution in [0.2, 0.25) is 0 Å². The molecule has 1 amide bonds. The van der Waals surface area contributed by atoms with Gasteiger partial charge in [0, 0.05) is 25.0 Å². The molecule has 0 atom stereocenters. The van der Waals surface area contributed by atoms with Crippen LogP contribution in [0, 0.1) is 0 Å². The standard InChI is InChI=1S/C18H21N5O/c19-17-9-6-15(13-20-17)18(24)22-21-12-14-4-7-16(8-5-14)23-10-2-1-3-11-23/h4-9,12-13H,1-3,10-11H2,(H2,19,20)(H,22,24)/b21-12+. The minimum Gasteiger partial charge on any atom is -0.384 e. The van der Waals surface area contributed by atoms with E-state index in [1.54, 1.807) is 18.3 Å². The first-order chi connectivity index (χ1) is 11.7. The van der Waals surface area contributed by atoms with E-state index in [-0.39, 0.29) is 5.91 Å². The van der Waals surface area contributed by atoms with Crippen LogP contribution in [0.15, 0.2) is 47.7 Å². The Labute approximate surface area is 141 Å². The first-order valence-electron chi connectivity index (χ1n) is 8.12. The first kappa shape index (κ1) is 16.0. The van der Waals surface area contributed by atoms with E-state index in [1.807, 2.05) is 12.1 Å². The van der Waals surface area contributed by atoms with Crippen molar-refractivity contribution in [2.45, 2.75) is 19.3 Å². The van der Waals surface area contributed by atoms with E-state index in [0.29, 0.717) is 11.4 Å². The van der Waals surface area contributed by atoms with Crippen molar-refractivity contribution < 1.29 is 4.79 Å². The summed E-state index contributed by atoms with van der Waals surface area (Å²) in [4.78, 5) is 18.2. The molecule has 1 fully saturated rings. The number of carbonyl (C=O) groups excluding carboxylic acids is 1. The van der Waals surface area contributed by atoms with Gasteiger partial charge >= 0.3 is 0 Å². The van der Waals surface area contributed by atoms with Gasteiger partial charge in [-0.3, -0.25) is 4.79 Å². The van der Waals surface area contributed by atoms with Gasteiger partial charge in [0.15, 0.2) is 0 Å². The molecule has 0 aliphatic carbocycles. The molecule has 3 rings (SSSR count). The number of pyridine rings is 1. The second-order valence-corrected chi connectivity index (χ2v) is 5.81. The quantitative estimate of drug-likeness (QED) is 0.668. The summed E-state index contributed by atoms with van der Waals surface area (Å²) < 4.78 is 0. The van der Waals surface area contributed by atoms with Crippen molar-refractivity contribution in [2.75, 3.05) is 23.7 Å². The summed E-state index contributed by atoms with van der Waals surface area (Å²) in [5.74, 6) is 0.0625. The number of nitrogens with two attached hydrogens (primary N) is 1. The highest BCUT2D eigenvalue weighted by Crippen LogP contribution is 2.19. The highest BCUT2D eigenvalue weighted by molar-refractivity contribution is 5.94. The summed E-state index contributed by atoms with van der Waals surface area (Å²) in [7, 11) is 0. The van der Waals surface area contributed by atoms with Gasteiger partial charge in [0.2, 0.25) is 0 Å². The van der Waals surface area contributed by atoms with Crippen LogP contribution in [0.1, 0.15) is 35.2 Å². The highest BCUT2D eigenvalue weighted by Gasteiger charge is 2.10. The van der Waals surface area contributed by atoms with Crippen molar-refractivity contribution in [3.05, 3.63) is 53.7 Å². The number of aromatic nitrogens is 1. The molecule has 0 saturated carbocycles. The third kappa shape index (κ3) is 4.10. The van der Waals surface area contributed by atoms with Gasteiger partial charge in [-0.25, -0.2) is 10.4 Å².